The lowest BCUT2D eigenvalue weighted by Gasteiger charge is -2.33. The first-order valence-corrected chi connectivity index (χ1v) is 7.11. The van der Waals surface area contributed by atoms with Crippen LogP contribution in [0.15, 0.2) is 22.7 Å². The number of anilines is 1. The molecule has 0 spiro atoms. The highest BCUT2D eigenvalue weighted by molar-refractivity contribution is 9.10. The number of carbonyl (C=O) groups is 1. The minimum Gasteiger partial charge on any atom is -0.371 e. The fraction of sp³-hybridized carbons (Fsp3) is 0.429. The van der Waals surface area contributed by atoms with Gasteiger partial charge in [-0.1, -0.05) is 0 Å². The van der Waals surface area contributed by atoms with Gasteiger partial charge in [-0.2, -0.15) is 5.26 Å². The fourth-order valence-electron chi connectivity index (χ4n) is 2.42. The summed E-state index contributed by atoms with van der Waals surface area (Å²) in [6.45, 7) is 1.68. The van der Waals surface area contributed by atoms with Crippen LogP contribution < -0.4 is 10.2 Å². The highest BCUT2D eigenvalue weighted by Gasteiger charge is 2.25. The lowest BCUT2D eigenvalue weighted by atomic mass is 9.96. The topological polar surface area (TPSA) is 56.1 Å². The molecule has 2 rings (SSSR count). The van der Waals surface area contributed by atoms with Crippen molar-refractivity contribution in [1.29, 1.82) is 5.26 Å². The summed E-state index contributed by atoms with van der Waals surface area (Å²) in [5.74, 6) is 0.158. The van der Waals surface area contributed by atoms with Crippen molar-refractivity contribution in [3.8, 4) is 6.07 Å². The maximum atomic E-state index is 11.7. The van der Waals surface area contributed by atoms with Crippen molar-refractivity contribution in [1.82, 2.24) is 5.32 Å². The molecule has 5 heteroatoms. The van der Waals surface area contributed by atoms with Gasteiger partial charge in [0, 0.05) is 30.3 Å². The number of amides is 1. The number of halogens is 1. The van der Waals surface area contributed by atoms with Gasteiger partial charge in [-0.15, -0.1) is 0 Å². The molecule has 0 saturated carbocycles. The molecule has 0 aliphatic carbocycles. The number of benzene rings is 1. The molecule has 1 aliphatic heterocycles. The Hall–Kier alpha value is -1.54. The first kappa shape index (κ1) is 13.9. The summed E-state index contributed by atoms with van der Waals surface area (Å²) in [6.07, 6.45) is 1.95. The summed E-state index contributed by atoms with van der Waals surface area (Å²) in [5, 5.41) is 11.6. The standard InChI is InChI=1S/C14H16BrN3O/c1-17-14(19)11-3-2-6-18(9-11)12-5-4-10(8-16)13(15)7-12/h4-5,7,11H,2-3,6,9H2,1H3,(H,17,19). The van der Waals surface area contributed by atoms with Crippen LogP contribution in [-0.4, -0.2) is 26.0 Å². The predicted octanol–water partition coefficient (Wildman–Crippen LogP) is 2.28. The molecule has 19 heavy (non-hydrogen) atoms. The van der Waals surface area contributed by atoms with Crippen LogP contribution in [-0.2, 0) is 4.79 Å². The molecule has 0 aromatic heterocycles. The van der Waals surface area contributed by atoms with Crippen molar-refractivity contribution in [3.63, 3.8) is 0 Å². The van der Waals surface area contributed by atoms with E-state index in [9.17, 15) is 4.79 Å². The maximum Gasteiger partial charge on any atom is 0.224 e. The van der Waals surface area contributed by atoms with Crippen LogP contribution >= 0.6 is 15.9 Å². The van der Waals surface area contributed by atoms with E-state index in [1.54, 1.807) is 7.05 Å². The average Bonchev–Trinajstić information content (AvgIpc) is 2.46. The molecule has 0 radical (unpaired) electrons. The van der Waals surface area contributed by atoms with Crippen LogP contribution in [0.25, 0.3) is 0 Å². The van der Waals surface area contributed by atoms with Crippen LogP contribution in [0.4, 0.5) is 5.69 Å². The molecule has 0 bridgehead atoms. The Balaban J connectivity index is 2.16. The number of carbonyl (C=O) groups excluding carboxylic acids is 1. The Morgan fingerprint density at radius 1 is 1.58 bits per heavy atom. The van der Waals surface area contributed by atoms with Gasteiger partial charge in [0.1, 0.15) is 6.07 Å². The molecular weight excluding hydrogens is 306 g/mol. The molecule has 1 amide bonds. The zero-order chi connectivity index (χ0) is 13.8. The predicted molar refractivity (Wildman–Crippen MR) is 77.9 cm³/mol. The average molecular weight is 322 g/mol. The highest BCUT2D eigenvalue weighted by atomic mass is 79.9. The smallest absolute Gasteiger partial charge is 0.224 e. The van der Waals surface area contributed by atoms with E-state index in [0.29, 0.717) is 5.56 Å². The van der Waals surface area contributed by atoms with Crippen LogP contribution in [0.5, 0.6) is 0 Å². The summed E-state index contributed by atoms with van der Waals surface area (Å²) in [4.78, 5) is 13.9. The Morgan fingerprint density at radius 3 is 3.00 bits per heavy atom. The molecule has 1 unspecified atom stereocenters. The molecule has 100 valence electrons. The van der Waals surface area contributed by atoms with Crippen molar-refractivity contribution in [2.75, 3.05) is 25.0 Å². The normalized spacial score (nSPS) is 18.8. The van der Waals surface area contributed by atoms with Crippen LogP contribution in [0.2, 0.25) is 0 Å². The van der Waals surface area contributed by atoms with Crippen LogP contribution in [0, 0.1) is 17.2 Å². The number of hydrogen-bond donors (Lipinski definition) is 1. The molecular formula is C14H16BrN3O. The molecule has 1 aromatic rings. The monoisotopic (exact) mass is 321 g/mol. The van der Waals surface area contributed by atoms with Gasteiger partial charge in [-0.3, -0.25) is 4.79 Å². The molecule has 1 aromatic carbocycles. The zero-order valence-electron chi connectivity index (χ0n) is 10.8. The molecule has 1 N–H and O–H groups in total. The molecule has 1 heterocycles. The quantitative estimate of drug-likeness (QED) is 0.909. The molecule has 4 nitrogen and oxygen atoms in total. The summed E-state index contributed by atoms with van der Waals surface area (Å²) < 4.78 is 0.801. The second kappa shape index (κ2) is 6.07. The fourth-order valence-corrected chi connectivity index (χ4v) is 2.88. The second-order valence-electron chi connectivity index (χ2n) is 4.68. The van der Waals surface area contributed by atoms with Crippen LogP contribution in [0.3, 0.4) is 0 Å². The molecule has 1 aliphatic rings. The van der Waals surface area contributed by atoms with Gasteiger partial charge in [-0.05, 0) is 47.0 Å². The van der Waals surface area contributed by atoms with Gasteiger partial charge >= 0.3 is 0 Å². The number of hydrogen-bond acceptors (Lipinski definition) is 3. The minimum atomic E-state index is 0.0492. The summed E-state index contributed by atoms with van der Waals surface area (Å²) in [5.41, 5.74) is 1.68. The number of piperidine rings is 1. The number of nitrogens with zero attached hydrogens (tertiary/aromatic N) is 2. The SMILES string of the molecule is CNC(=O)C1CCCN(c2ccc(C#N)c(Br)c2)C1. The third kappa shape index (κ3) is 3.07. The van der Waals surface area contributed by atoms with Gasteiger partial charge in [0.05, 0.1) is 11.5 Å². The summed E-state index contributed by atoms with van der Waals surface area (Å²) in [7, 11) is 1.68. The zero-order valence-corrected chi connectivity index (χ0v) is 12.4. The number of rotatable bonds is 2. The van der Waals surface area contributed by atoms with Crippen molar-refractivity contribution in [2.24, 2.45) is 5.92 Å². The van der Waals surface area contributed by atoms with E-state index in [2.05, 4.69) is 32.2 Å². The molecule has 1 atom stereocenters. The van der Waals surface area contributed by atoms with Crippen LogP contribution in [0.1, 0.15) is 18.4 Å². The van der Waals surface area contributed by atoms with Crippen molar-refractivity contribution in [3.05, 3.63) is 28.2 Å². The third-order valence-corrected chi connectivity index (χ3v) is 4.13. The van der Waals surface area contributed by atoms with E-state index in [4.69, 9.17) is 5.26 Å². The number of nitrogens with one attached hydrogen (secondary N) is 1. The van der Waals surface area contributed by atoms with E-state index in [1.807, 2.05) is 18.2 Å². The summed E-state index contributed by atoms with van der Waals surface area (Å²) >= 11 is 3.40. The van der Waals surface area contributed by atoms with E-state index in [0.717, 1.165) is 36.1 Å². The van der Waals surface area contributed by atoms with E-state index < -0.39 is 0 Å². The van der Waals surface area contributed by atoms with Gasteiger partial charge < -0.3 is 10.2 Å². The highest BCUT2D eigenvalue weighted by Crippen LogP contribution is 2.27. The molecule has 1 saturated heterocycles. The first-order valence-electron chi connectivity index (χ1n) is 6.32. The Labute approximate surface area is 121 Å². The van der Waals surface area contributed by atoms with E-state index in [1.165, 1.54) is 0 Å². The minimum absolute atomic E-state index is 0.0492. The van der Waals surface area contributed by atoms with E-state index in [-0.39, 0.29) is 11.8 Å². The number of nitriles is 1. The third-order valence-electron chi connectivity index (χ3n) is 3.48. The van der Waals surface area contributed by atoms with Crippen molar-refractivity contribution < 1.29 is 4.79 Å². The lowest BCUT2D eigenvalue weighted by Crippen LogP contribution is -2.42. The second-order valence-corrected chi connectivity index (χ2v) is 5.53. The molecule has 1 fully saturated rings. The maximum absolute atomic E-state index is 11.7. The summed E-state index contributed by atoms with van der Waals surface area (Å²) in [6, 6.07) is 7.83. The lowest BCUT2D eigenvalue weighted by molar-refractivity contribution is -0.124. The largest absolute Gasteiger partial charge is 0.371 e. The van der Waals surface area contributed by atoms with Gasteiger partial charge in [0.2, 0.25) is 5.91 Å². The van der Waals surface area contributed by atoms with Gasteiger partial charge in [0.15, 0.2) is 0 Å². The van der Waals surface area contributed by atoms with Gasteiger partial charge in [0.25, 0.3) is 0 Å². The Kier molecular flexibility index (Phi) is 4.43. The van der Waals surface area contributed by atoms with Crippen molar-refractivity contribution >= 4 is 27.5 Å². The van der Waals surface area contributed by atoms with Gasteiger partial charge in [-0.25, -0.2) is 0 Å². The van der Waals surface area contributed by atoms with Crippen molar-refractivity contribution in [2.45, 2.75) is 12.8 Å². The Bertz CT molecular complexity index is 524. The Morgan fingerprint density at radius 2 is 2.37 bits per heavy atom. The first-order chi connectivity index (χ1) is 9.15. The van der Waals surface area contributed by atoms with E-state index >= 15 is 0 Å².